The van der Waals surface area contributed by atoms with Gasteiger partial charge in [0.25, 0.3) is 11.8 Å². The van der Waals surface area contributed by atoms with Gasteiger partial charge in [-0.15, -0.1) is 10.2 Å². The van der Waals surface area contributed by atoms with Crippen LogP contribution in [0.1, 0.15) is 58.8 Å². The molecule has 7 heteroatoms. The van der Waals surface area contributed by atoms with Gasteiger partial charge in [-0.1, -0.05) is 25.2 Å². The zero-order chi connectivity index (χ0) is 17.5. The zero-order valence-electron chi connectivity index (χ0n) is 14.1. The maximum absolute atomic E-state index is 12.2. The highest BCUT2D eigenvalue weighted by molar-refractivity contribution is 7.13. The number of hydrogen-bond acceptors (Lipinski definition) is 5. The highest BCUT2D eigenvalue weighted by Crippen LogP contribution is 2.15. The molecule has 0 aliphatic rings. The summed E-state index contributed by atoms with van der Waals surface area (Å²) in [5, 5.41) is 14.8. The van der Waals surface area contributed by atoms with E-state index in [1.807, 2.05) is 13.8 Å². The van der Waals surface area contributed by atoms with Crippen molar-refractivity contribution in [1.29, 1.82) is 0 Å². The Kier molecular flexibility index (Phi) is 6.43. The topological polar surface area (TPSA) is 84.0 Å². The summed E-state index contributed by atoms with van der Waals surface area (Å²) in [7, 11) is 0. The van der Waals surface area contributed by atoms with Crippen molar-refractivity contribution < 1.29 is 9.59 Å². The van der Waals surface area contributed by atoms with Crippen LogP contribution in [0, 0.1) is 0 Å². The van der Waals surface area contributed by atoms with Crippen LogP contribution in [-0.2, 0) is 6.42 Å². The molecule has 0 aliphatic carbocycles. The van der Waals surface area contributed by atoms with Crippen molar-refractivity contribution >= 4 is 28.8 Å². The fourth-order valence-electron chi connectivity index (χ4n) is 1.96. The Morgan fingerprint density at radius 3 is 2.46 bits per heavy atom. The molecule has 2 rings (SSSR count). The summed E-state index contributed by atoms with van der Waals surface area (Å²) < 4.78 is 0. The van der Waals surface area contributed by atoms with Crippen LogP contribution in [0.3, 0.4) is 0 Å². The van der Waals surface area contributed by atoms with Crippen LogP contribution in [0.25, 0.3) is 0 Å². The lowest BCUT2D eigenvalue weighted by Crippen LogP contribution is -2.31. The number of hydrogen-bond donors (Lipinski definition) is 2. The summed E-state index contributed by atoms with van der Waals surface area (Å²) >= 11 is 1.30. The van der Waals surface area contributed by atoms with Crippen LogP contribution in [-0.4, -0.2) is 28.1 Å². The average molecular weight is 346 g/mol. The van der Waals surface area contributed by atoms with Gasteiger partial charge in [0.1, 0.15) is 5.01 Å². The smallest absolute Gasteiger partial charge is 0.286 e. The van der Waals surface area contributed by atoms with Crippen LogP contribution in [0.15, 0.2) is 24.3 Å². The Bertz CT molecular complexity index is 697. The molecular weight excluding hydrogens is 324 g/mol. The van der Waals surface area contributed by atoms with Gasteiger partial charge in [0, 0.05) is 23.7 Å². The molecule has 0 bridgehead atoms. The first-order valence-corrected chi connectivity index (χ1v) is 8.89. The fraction of sp³-hybridized carbons (Fsp3) is 0.412. The van der Waals surface area contributed by atoms with Gasteiger partial charge in [-0.2, -0.15) is 0 Å². The lowest BCUT2D eigenvalue weighted by Gasteiger charge is -2.11. The number of aryl methyl sites for hydroxylation is 1. The second-order valence-corrected chi connectivity index (χ2v) is 6.63. The van der Waals surface area contributed by atoms with Crippen molar-refractivity contribution in [3.8, 4) is 0 Å². The van der Waals surface area contributed by atoms with E-state index in [9.17, 15) is 9.59 Å². The minimum Gasteiger partial charge on any atom is -0.350 e. The largest absolute Gasteiger partial charge is 0.350 e. The molecule has 6 nitrogen and oxygen atoms in total. The molecule has 1 aromatic carbocycles. The summed E-state index contributed by atoms with van der Waals surface area (Å²) in [6.07, 6.45) is 2.67. The quantitative estimate of drug-likeness (QED) is 0.806. The van der Waals surface area contributed by atoms with Crippen molar-refractivity contribution in [3.63, 3.8) is 0 Å². The molecule has 1 heterocycles. The van der Waals surface area contributed by atoms with Gasteiger partial charge in [0.2, 0.25) is 5.01 Å². The minimum atomic E-state index is -0.286. The van der Waals surface area contributed by atoms with Gasteiger partial charge in [-0.05, 0) is 44.0 Å². The van der Waals surface area contributed by atoms with Crippen molar-refractivity contribution in [2.75, 3.05) is 5.32 Å². The van der Waals surface area contributed by atoms with Crippen LogP contribution in [0.5, 0.6) is 0 Å². The number of nitrogens with one attached hydrogen (secondary N) is 2. The molecule has 1 aromatic heterocycles. The van der Waals surface area contributed by atoms with Gasteiger partial charge in [0.15, 0.2) is 0 Å². The van der Waals surface area contributed by atoms with E-state index in [2.05, 4.69) is 27.8 Å². The summed E-state index contributed by atoms with van der Waals surface area (Å²) in [5.74, 6) is -0.401. The molecule has 1 unspecified atom stereocenters. The van der Waals surface area contributed by atoms with Crippen molar-refractivity contribution in [1.82, 2.24) is 15.5 Å². The molecule has 2 aromatic rings. The fourth-order valence-corrected chi connectivity index (χ4v) is 2.80. The van der Waals surface area contributed by atoms with Crippen molar-refractivity contribution in [2.24, 2.45) is 0 Å². The average Bonchev–Trinajstić information content (AvgIpc) is 3.04. The zero-order valence-corrected chi connectivity index (χ0v) is 14.9. The van der Waals surface area contributed by atoms with Crippen LogP contribution < -0.4 is 10.6 Å². The second-order valence-electron chi connectivity index (χ2n) is 5.57. The Hall–Kier alpha value is -2.28. The van der Waals surface area contributed by atoms with E-state index < -0.39 is 0 Å². The van der Waals surface area contributed by atoms with E-state index in [4.69, 9.17) is 0 Å². The standard InChI is InChI=1S/C17H22N4O2S/c1-4-6-14-20-21-17(24-14)16(23)19-13-9-7-12(8-10-13)15(22)18-11(3)5-2/h7-11H,4-6H2,1-3H3,(H,18,22)(H,19,23). The van der Waals surface area contributed by atoms with E-state index in [0.717, 1.165) is 24.3 Å². The maximum Gasteiger partial charge on any atom is 0.286 e. The first kappa shape index (κ1) is 18.1. The summed E-state index contributed by atoms with van der Waals surface area (Å²) in [6, 6.07) is 6.92. The first-order valence-electron chi connectivity index (χ1n) is 8.08. The molecule has 0 saturated heterocycles. The SMILES string of the molecule is CCCc1nnc(C(=O)Nc2ccc(C(=O)NC(C)CC)cc2)s1. The Labute approximate surface area is 145 Å². The molecule has 2 amide bonds. The lowest BCUT2D eigenvalue weighted by molar-refractivity contribution is 0.0938. The van der Waals surface area contributed by atoms with E-state index in [0.29, 0.717) is 16.3 Å². The molecule has 0 fully saturated rings. The van der Waals surface area contributed by atoms with Crippen LogP contribution in [0.4, 0.5) is 5.69 Å². The minimum absolute atomic E-state index is 0.115. The van der Waals surface area contributed by atoms with Crippen molar-refractivity contribution in [3.05, 3.63) is 39.8 Å². The predicted octanol–water partition coefficient (Wildman–Crippen LogP) is 3.27. The predicted molar refractivity (Wildman–Crippen MR) is 95.5 cm³/mol. The number of carbonyl (C=O) groups excluding carboxylic acids is 2. The van der Waals surface area contributed by atoms with Gasteiger partial charge in [-0.25, -0.2) is 0 Å². The Morgan fingerprint density at radius 2 is 1.83 bits per heavy atom. The van der Waals surface area contributed by atoms with E-state index in [1.54, 1.807) is 24.3 Å². The highest BCUT2D eigenvalue weighted by Gasteiger charge is 2.13. The third-order valence-electron chi connectivity index (χ3n) is 3.52. The third-order valence-corrected chi connectivity index (χ3v) is 4.50. The molecule has 0 spiro atoms. The van der Waals surface area contributed by atoms with Crippen LogP contribution >= 0.6 is 11.3 Å². The molecule has 0 aliphatic heterocycles. The first-order chi connectivity index (χ1) is 11.5. The number of aromatic nitrogens is 2. The Balaban J connectivity index is 1.97. The highest BCUT2D eigenvalue weighted by atomic mass is 32.1. The number of amides is 2. The van der Waals surface area contributed by atoms with Crippen molar-refractivity contribution in [2.45, 2.75) is 46.1 Å². The lowest BCUT2D eigenvalue weighted by atomic mass is 10.1. The van der Waals surface area contributed by atoms with Gasteiger partial charge < -0.3 is 10.6 Å². The molecule has 0 radical (unpaired) electrons. The van der Waals surface area contributed by atoms with E-state index in [1.165, 1.54) is 11.3 Å². The molecular formula is C17H22N4O2S. The molecule has 1 atom stereocenters. The van der Waals surface area contributed by atoms with Gasteiger partial charge >= 0.3 is 0 Å². The number of rotatable bonds is 7. The monoisotopic (exact) mass is 346 g/mol. The molecule has 2 N–H and O–H groups in total. The number of benzene rings is 1. The normalized spacial score (nSPS) is 11.8. The summed E-state index contributed by atoms with van der Waals surface area (Å²) in [4.78, 5) is 24.2. The summed E-state index contributed by atoms with van der Waals surface area (Å²) in [6.45, 7) is 6.03. The van der Waals surface area contributed by atoms with Crippen LogP contribution in [0.2, 0.25) is 0 Å². The third kappa shape index (κ3) is 4.86. The van der Waals surface area contributed by atoms with E-state index in [-0.39, 0.29) is 17.9 Å². The van der Waals surface area contributed by atoms with Gasteiger partial charge in [0.05, 0.1) is 0 Å². The van der Waals surface area contributed by atoms with E-state index >= 15 is 0 Å². The maximum atomic E-state index is 12.2. The Morgan fingerprint density at radius 1 is 1.12 bits per heavy atom. The number of anilines is 1. The molecule has 0 saturated carbocycles. The number of carbonyl (C=O) groups is 2. The molecule has 24 heavy (non-hydrogen) atoms. The molecule has 128 valence electrons. The van der Waals surface area contributed by atoms with Gasteiger partial charge in [-0.3, -0.25) is 9.59 Å². The second kappa shape index (κ2) is 8.54. The number of nitrogens with zero attached hydrogens (tertiary/aromatic N) is 2. The summed E-state index contributed by atoms with van der Waals surface area (Å²) in [5.41, 5.74) is 1.18.